The highest BCUT2D eigenvalue weighted by Crippen LogP contribution is 2.22. The number of rotatable bonds is 3. The minimum absolute atomic E-state index is 0.0563. The van der Waals surface area contributed by atoms with E-state index in [1.54, 1.807) is 12.4 Å². The van der Waals surface area contributed by atoms with E-state index < -0.39 is 0 Å². The van der Waals surface area contributed by atoms with Crippen LogP contribution in [0.5, 0.6) is 0 Å². The van der Waals surface area contributed by atoms with Gasteiger partial charge in [0.15, 0.2) is 0 Å². The van der Waals surface area contributed by atoms with Crippen LogP contribution in [0.1, 0.15) is 21.7 Å². The number of carbonyl (C=O) groups is 1. The average Bonchev–Trinajstić information content (AvgIpc) is 2.76. The van der Waals surface area contributed by atoms with Gasteiger partial charge in [-0.3, -0.25) is 9.78 Å². The standard InChI is InChI=1S/C22H23N5O/c1-16-15-24-17(2)21(25-16)18-6-5-7-19(14-18)22(28)27-12-10-26(11-13-27)20-8-3-4-9-23-20/h3-9,14-15H,10-13H2,1-2H3. The van der Waals surface area contributed by atoms with E-state index in [4.69, 9.17) is 0 Å². The van der Waals surface area contributed by atoms with Crippen LogP contribution in [0.25, 0.3) is 11.3 Å². The molecule has 1 amide bonds. The fraction of sp³-hybridized carbons (Fsp3) is 0.273. The molecule has 6 nitrogen and oxygen atoms in total. The van der Waals surface area contributed by atoms with Gasteiger partial charge in [-0.1, -0.05) is 18.2 Å². The van der Waals surface area contributed by atoms with E-state index in [1.807, 2.05) is 61.2 Å². The molecule has 3 heterocycles. The summed E-state index contributed by atoms with van der Waals surface area (Å²) in [4.78, 5) is 30.5. The highest BCUT2D eigenvalue weighted by molar-refractivity contribution is 5.95. The Hall–Kier alpha value is -3.28. The molecule has 0 bridgehead atoms. The van der Waals surface area contributed by atoms with Crippen LogP contribution in [0.2, 0.25) is 0 Å². The molecule has 0 atom stereocenters. The molecule has 1 fully saturated rings. The van der Waals surface area contributed by atoms with Gasteiger partial charge in [-0.05, 0) is 38.1 Å². The van der Waals surface area contributed by atoms with Crippen molar-refractivity contribution in [3.05, 3.63) is 71.8 Å². The van der Waals surface area contributed by atoms with Gasteiger partial charge in [0.2, 0.25) is 0 Å². The molecule has 0 spiro atoms. The topological polar surface area (TPSA) is 62.2 Å². The van der Waals surface area contributed by atoms with Crippen molar-refractivity contribution < 1.29 is 4.79 Å². The summed E-state index contributed by atoms with van der Waals surface area (Å²) in [5.74, 6) is 1.02. The van der Waals surface area contributed by atoms with E-state index >= 15 is 0 Å². The molecule has 0 unspecified atom stereocenters. The van der Waals surface area contributed by atoms with Crippen molar-refractivity contribution in [2.45, 2.75) is 13.8 Å². The van der Waals surface area contributed by atoms with Crippen molar-refractivity contribution in [3.8, 4) is 11.3 Å². The van der Waals surface area contributed by atoms with Crippen LogP contribution >= 0.6 is 0 Å². The highest BCUT2D eigenvalue weighted by atomic mass is 16.2. The van der Waals surface area contributed by atoms with Gasteiger partial charge in [-0.15, -0.1) is 0 Å². The number of amides is 1. The number of piperazine rings is 1. The smallest absolute Gasteiger partial charge is 0.253 e. The zero-order valence-electron chi connectivity index (χ0n) is 16.2. The van der Waals surface area contributed by atoms with Crippen LogP contribution in [0.4, 0.5) is 5.82 Å². The van der Waals surface area contributed by atoms with Crippen molar-refractivity contribution in [2.24, 2.45) is 0 Å². The monoisotopic (exact) mass is 373 g/mol. The lowest BCUT2D eigenvalue weighted by Gasteiger charge is -2.35. The van der Waals surface area contributed by atoms with Crippen LogP contribution in [0.15, 0.2) is 54.9 Å². The zero-order chi connectivity index (χ0) is 19.5. The summed E-state index contributed by atoms with van der Waals surface area (Å²) < 4.78 is 0. The Balaban J connectivity index is 1.49. The molecule has 142 valence electrons. The average molecular weight is 373 g/mol. The van der Waals surface area contributed by atoms with E-state index in [2.05, 4.69) is 19.9 Å². The van der Waals surface area contributed by atoms with Gasteiger partial charge in [0.05, 0.1) is 17.1 Å². The Kier molecular flexibility index (Phi) is 5.02. The number of carbonyl (C=O) groups excluding carboxylic acids is 1. The van der Waals surface area contributed by atoms with Gasteiger partial charge in [-0.2, -0.15) is 0 Å². The maximum atomic E-state index is 13.0. The summed E-state index contributed by atoms with van der Waals surface area (Å²) in [5.41, 5.74) is 4.16. The molecule has 0 saturated carbocycles. The number of anilines is 1. The molecule has 0 radical (unpaired) electrons. The van der Waals surface area contributed by atoms with Gasteiger partial charge < -0.3 is 9.80 Å². The number of aromatic nitrogens is 3. The fourth-order valence-corrected chi connectivity index (χ4v) is 3.47. The lowest BCUT2D eigenvalue weighted by molar-refractivity contribution is 0.0746. The zero-order valence-corrected chi connectivity index (χ0v) is 16.2. The molecule has 28 heavy (non-hydrogen) atoms. The Bertz CT molecular complexity index is 981. The number of hydrogen-bond donors (Lipinski definition) is 0. The second-order valence-corrected chi connectivity index (χ2v) is 6.99. The van der Waals surface area contributed by atoms with Gasteiger partial charge in [-0.25, -0.2) is 9.97 Å². The molecule has 1 aromatic carbocycles. The third-order valence-electron chi connectivity index (χ3n) is 5.00. The van der Waals surface area contributed by atoms with E-state index in [9.17, 15) is 4.79 Å². The third-order valence-corrected chi connectivity index (χ3v) is 5.00. The second-order valence-electron chi connectivity index (χ2n) is 6.99. The maximum absolute atomic E-state index is 13.0. The minimum Gasteiger partial charge on any atom is -0.353 e. The van der Waals surface area contributed by atoms with Crippen LogP contribution in [0, 0.1) is 13.8 Å². The third kappa shape index (κ3) is 3.71. The van der Waals surface area contributed by atoms with Crippen molar-refractivity contribution in [1.82, 2.24) is 19.9 Å². The summed E-state index contributed by atoms with van der Waals surface area (Å²) in [6, 6.07) is 13.6. The first-order valence-corrected chi connectivity index (χ1v) is 9.48. The summed E-state index contributed by atoms with van der Waals surface area (Å²) in [7, 11) is 0. The predicted octanol–water partition coefficient (Wildman–Crippen LogP) is 3.12. The Labute approximate surface area is 164 Å². The van der Waals surface area contributed by atoms with Gasteiger partial charge in [0.25, 0.3) is 5.91 Å². The largest absolute Gasteiger partial charge is 0.353 e. The molecule has 1 aliphatic rings. The number of nitrogens with zero attached hydrogens (tertiary/aromatic N) is 5. The Morgan fingerprint density at radius 3 is 2.54 bits per heavy atom. The molecular formula is C22H23N5O. The molecule has 1 aliphatic heterocycles. The molecule has 6 heteroatoms. The first-order valence-electron chi connectivity index (χ1n) is 9.48. The fourth-order valence-electron chi connectivity index (χ4n) is 3.47. The summed E-state index contributed by atoms with van der Waals surface area (Å²) in [5, 5.41) is 0. The van der Waals surface area contributed by atoms with E-state index in [0.29, 0.717) is 18.7 Å². The summed E-state index contributed by atoms with van der Waals surface area (Å²) in [6.07, 6.45) is 3.56. The van der Waals surface area contributed by atoms with Crippen LogP contribution in [-0.2, 0) is 0 Å². The van der Waals surface area contributed by atoms with Crippen LogP contribution in [0.3, 0.4) is 0 Å². The number of hydrogen-bond acceptors (Lipinski definition) is 5. The summed E-state index contributed by atoms with van der Waals surface area (Å²) >= 11 is 0. The summed E-state index contributed by atoms with van der Waals surface area (Å²) in [6.45, 7) is 6.79. The van der Waals surface area contributed by atoms with E-state index in [-0.39, 0.29) is 5.91 Å². The SMILES string of the molecule is Cc1cnc(C)c(-c2cccc(C(=O)N3CCN(c4ccccn4)CC3)c2)n1. The molecule has 3 aromatic rings. The maximum Gasteiger partial charge on any atom is 0.253 e. The first kappa shape index (κ1) is 18.1. The second kappa shape index (κ2) is 7.76. The normalized spacial score (nSPS) is 14.2. The van der Waals surface area contributed by atoms with Gasteiger partial charge in [0, 0.05) is 49.7 Å². The minimum atomic E-state index is 0.0563. The Morgan fingerprint density at radius 2 is 1.79 bits per heavy atom. The Morgan fingerprint density at radius 1 is 0.964 bits per heavy atom. The lowest BCUT2D eigenvalue weighted by atomic mass is 10.1. The van der Waals surface area contributed by atoms with E-state index in [1.165, 1.54) is 0 Å². The number of benzene rings is 1. The predicted molar refractivity (Wildman–Crippen MR) is 109 cm³/mol. The van der Waals surface area contributed by atoms with Gasteiger partial charge in [0.1, 0.15) is 5.82 Å². The van der Waals surface area contributed by atoms with Crippen molar-refractivity contribution >= 4 is 11.7 Å². The molecule has 0 N–H and O–H groups in total. The van der Waals surface area contributed by atoms with Crippen LogP contribution < -0.4 is 4.90 Å². The highest BCUT2D eigenvalue weighted by Gasteiger charge is 2.23. The van der Waals surface area contributed by atoms with Gasteiger partial charge >= 0.3 is 0 Å². The van der Waals surface area contributed by atoms with Crippen LogP contribution in [-0.4, -0.2) is 51.9 Å². The molecular weight excluding hydrogens is 350 g/mol. The molecule has 0 aliphatic carbocycles. The van der Waals surface area contributed by atoms with Crippen molar-refractivity contribution in [2.75, 3.05) is 31.1 Å². The first-order chi connectivity index (χ1) is 13.6. The van der Waals surface area contributed by atoms with Crippen molar-refractivity contribution in [1.29, 1.82) is 0 Å². The molecule has 1 saturated heterocycles. The lowest BCUT2D eigenvalue weighted by Crippen LogP contribution is -2.49. The quantitative estimate of drug-likeness (QED) is 0.706. The van der Waals surface area contributed by atoms with Crippen molar-refractivity contribution in [3.63, 3.8) is 0 Å². The van der Waals surface area contributed by atoms with E-state index in [0.717, 1.165) is 41.6 Å². The molecule has 4 rings (SSSR count). The number of aryl methyl sites for hydroxylation is 2. The molecule has 2 aromatic heterocycles. The number of pyridine rings is 1.